The summed E-state index contributed by atoms with van der Waals surface area (Å²) in [5.41, 5.74) is -0.284. The van der Waals surface area contributed by atoms with Crippen molar-refractivity contribution in [2.75, 3.05) is 13.1 Å². The highest BCUT2D eigenvalue weighted by molar-refractivity contribution is 5.94. The minimum Gasteiger partial charge on any atom is -0.331 e. The molecule has 1 rings (SSSR count). The molecule has 0 saturated heterocycles. The quantitative estimate of drug-likeness (QED) is 0.721. The summed E-state index contributed by atoms with van der Waals surface area (Å²) >= 11 is 0. The number of carbonyl (C=O) groups excluding carboxylic acids is 1. The van der Waals surface area contributed by atoms with Crippen molar-refractivity contribution in [1.29, 1.82) is 0 Å². The van der Waals surface area contributed by atoms with Crippen LogP contribution in [0.5, 0.6) is 0 Å². The van der Waals surface area contributed by atoms with E-state index in [1.54, 1.807) is 0 Å². The van der Waals surface area contributed by atoms with Gasteiger partial charge in [-0.3, -0.25) is 4.79 Å². The van der Waals surface area contributed by atoms with Gasteiger partial charge in [-0.05, 0) is 12.1 Å². The van der Waals surface area contributed by atoms with E-state index in [-0.39, 0.29) is 18.7 Å². The molecule has 0 aromatic heterocycles. The second-order valence-corrected chi connectivity index (χ2v) is 3.39. The van der Waals surface area contributed by atoms with E-state index in [0.717, 1.165) is 6.07 Å². The normalized spacial score (nSPS) is 9.76. The number of hydrogen-bond acceptors (Lipinski definition) is 1. The topological polar surface area (TPSA) is 20.3 Å². The first-order valence-corrected chi connectivity index (χ1v) is 5.07. The highest BCUT2D eigenvalue weighted by Crippen LogP contribution is 2.13. The Kier molecular flexibility index (Phi) is 4.57. The van der Waals surface area contributed by atoms with Crippen molar-refractivity contribution in [2.24, 2.45) is 0 Å². The van der Waals surface area contributed by atoms with Crippen LogP contribution >= 0.6 is 0 Å². The zero-order valence-corrected chi connectivity index (χ0v) is 9.33. The molecule has 4 heteroatoms. The van der Waals surface area contributed by atoms with Crippen molar-refractivity contribution < 1.29 is 13.6 Å². The van der Waals surface area contributed by atoms with Crippen molar-refractivity contribution in [3.05, 3.63) is 60.7 Å². The molecule has 0 fully saturated rings. The van der Waals surface area contributed by atoms with E-state index in [9.17, 15) is 13.6 Å². The molecule has 0 aliphatic carbocycles. The summed E-state index contributed by atoms with van der Waals surface area (Å²) in [5, 5.41) is 0. The maximum atomic E-state index is 13.4. The highest BCUT2D eigenvalue weighted by Gasteiger charge is 2.19. The Morgan fingerprint density at radius 1 is 1.24 bits per heavy atom. The lowest BCUT2D eigenvalue weighted by atomic mass is 10.1. The van der Waals surface area contributed by atoms with E-state index >= 15 is 0 Å². The Labute approximate surface area is 98.9 Å². The predicted octanol–water partition coefficient (Wildman–Crippen LogP) is 2.78. The Bertz CT molecular complexity index is 433. The standard InChI is InChI=1S/C13H13F2NO/c1-3-8-16(9-4-2)13(17)10-6-5-7-11(14)12(10)15/h3-7H,1-2,8-9H2. The van der Waals surface area contributed by atoms with E-state index in [4.69, 9.17) is 0 Å². The van der Waals surface area contributed by atoms with Gasteiger partial charge in [0.25, 0.3) is 5.91 Å². The second kappa shape index (κ2) is 5.94. The van der Waals surface area contributed by atoms with Gasteiger partial charge in [-0.2, -0.15) is 0 Å². The van der Waals surface area contributed by atoms with E-state index in [1.165, 1.54) is 29.2 Å². The van der Waals surface area contributed by atoms with Crippen molar-refractivity contribution in [3.63, 3.8) is 0 Å². The Balaban J connectivity index is 3.04. The number of carbonyl (C=O) groups is 1. The van der Waals surface area contributed by atoms with Gasteiger partial charge in [0.05, 0.1) is 5.56 Å². The van der Waals surface area contributed by atoms with Gasteiger partial charge in [0.2, 0.25) is 0 Å². The molecular weight excluding hydrogens is 224 g/mol. The van der Waals surface area contributed by atoms with Crippen molar-refractivity contribution in [3.8, 4) is 0 Å². The lowest BCUT2D eigenvalue weighted by Gasteiger charge is -2.19. The minimum atomic E-state index is -1.13. The molecule has 1 aromatic rings. The number of nitrogens with zero attached hydrogens (tertiary/aromatic N) is 1. The van der Waals surface area contributed by atoms with Crippen LogP contribution in [0.25, 0.3) is 0 Å². The van der Waals surface area contributed by atoms with Crippen LogP contribution < -0.4 is 0 Å². The van der Waals surface area contributed by atoms with Crippen LogP contribution in [0.4, 0.5) is 8.78 Å². The van der Waals surface area contributed by atoms with Crippen LogP contribution in [0.3, 0.4) is 0 Å². The van der Waals surface area contributed by atoms with Crippen molar-refractivity contribution in [2.45, 2.75) is 0 Å². The average Bonchev–Trinajstić information content (AvgIpc) is 2.31. The summed E-state index contributed by atoms with van der Waals surface area (Å²) in [6.07, 6.45) is 3.03. The van der Waals surface area contributed by atoms with Crippen LogP contribution in [0.15, 0.2) is 43.5 Å². The highest BCUT2D eigenvalue weighted by atomic mass is 19.2. The first kappa shape index (κ1) is 13.1. The SMILES string of the molecule is C=CCN(CC=C)C(=O)c1cccc(F)c1F. The maximum Gasteiger partial charge on any atom is 0.257 e. The fraction of sp³-hybridized carbons (Fsp3) is 0.154. The maximum absolute atomic E-state index is 13.4. The molecule has 0 unspecified atom stereocenters. The van der Waals surface area contributed by atoms with Crippen molar-refractivity contribution >= 4 is 5.91 Å². The molecule has 1 amide bonds. The molecule has 2 nitrogen and oxygen atoms in total. The summed E-state index contributed by atoms with van der Waals surface area (Å²) in [7, 11) is 0. The second-order valence-electron chi connectivity index (χ2n) is 3.39. The van der Waals surface area contributed by atoms with Crippen molar-refractivity contribution in [1.82, 2.24) is 4.90 Å². The van der Waals surface area contributed by atoms with Crippen LogP contribution in [0.1, 0.15) is 10.4 Å². The minimum absolute atomic E-state index is 0.251. The monoisotopic (exact) mass is 237 g/mol. The lowest BCUT2D eigenvalue weighted by molar-refractivity contribution is 0.0785. The van der Waals surface area contributed by atoms with Gasteiger partial charge >= 0.3 is 0 Å². The largest absolute Gasteiger partial charge is 0.331 e. The first-order valence-electron chi connectivity index (χ1n) is 5.07. The van der Waals surface area contributed by atoms with Crippen LogP contribution in [0, 0.1) is 11.6 Å². The van der Waals surface area contributed by atoms with Crippen LogP contribution in [0.2, 0.25) is 0 Å². The summed E-state index contributed by atoms with van der Waals surface area (Å²) in [6, 6.07) is 3.52. The van der Waals surface area contributed by atoms with E-state index in [2.05, 4.69) is 13.2 Å². The van der Waals surface area contributed by atoms with E-state index in [0.29, 0.717) is 0 Å². The van der Waals surface area contributed by atoms with Gasteiger partial charge in [-0.15, -0.1) is 13.2 Å². The lowest BCUT2D eigenvalue weighted by Crippen LogP contribution is -2.32. The molecule has 0 aliphatic rings. The summed E-state index contributed by atoms with van der Waals surface area (Å²) in [4.78, 5) is 13.2. The molecule has 0 N–H and O–H groups in total. The summed E-state index contributed by atoms with van der Waals surface area (Å²) in [6.45, 7) is 7.51. The number of amides is 1. The Morgan fingerprint density at radius 3 is 2.35 bits per heavy atom. The summed E-state index contributed by atoms with van der Waals surface area (Å²) in [5.74, 6) is -2.74. The van der Waals surface area contributed by atoms with Gasteiger partial charge in [-0.1, -0.05) is 18.2 Å². The fourth-order valence-electron chi connectivity index (χ4n) is 1.39. The fourth-order valence-corrected chi connectivity index (χ4v) is 1.39. The van der Waals surface area contributed by atoms with Gasteiger partial charge < -0.3 is 4.90 Å². The molecule has 90 valence electrons. The molecule has 0 saturated carbocycles. The predicted molar refractivity (Wildman–Crippen MR) is 62.7 cm³/mol. The third-order valence-corrected chi connectivity index (χ3v) is 2.17. The molecule has 1 aromatic carbocycles. The molecule has 0 bridgehead atoms. The molecule has 0 aliphatic heterocycles. The molecule has 17 heavy (non-hydrogen) atoms. The molecular formula is C13H13F2NO. The van der Waals surface area contributed by atoms with Gasteiger partial charge in [0, 0.05) is 13.1 Å². The molecule has 0 radical (unpaired) electrons. The number of benzene rings is 1. The Hall–Kier alpha value is -1.97. The third-order valence-electron chi connectivity index (χ3n) is 2.17. The first-order chi connectivity index (χ1) is 8.11. The van der Waals surface area contributed by atoms with E-state index in [1.807, 2.05) is 0 Å². The van der Waals surface area contributed by atoms with Gasteiger partial charge in [0.15, 0.2) is 11.6 Å². The smallest absolute Gasteiger partial charge is 0.257 e. The molecule has 0 spiro atoms. The molecule has 0 heterocycles. The number of hydrogen-bond donors (Lipinski definition) is 0. The Morgan fingerprint density at radius 2 is 1.82 bits per heavy atom. The number of rotatable bonds is 5. The molecule has 0 atom stereocenters. The van der Waals surface area contributed by atoms with Crippen LogP contribution in [-0.2, 0) is 0 Å². The zero-order valence-electron chi connectivity index (χ0n) is 9.33. The number of halogens is 2. The van der Waals surface area contributed by atoms with Gasteiger partial charge in [-0.25, -0.2) is 8.78 Å². The average molecular weight is 237 g/mol. The van der Waals surface area contributed by atoms with E-state index < -0.39 is 17.5 Å². The van der Waals surface area contributed by atoms with Gasteiger partial charge in [0.1, 0.15) is 0 Å². The third kappa shape index (κ3) is 3.00. The van der Waals surface area contributed by atoms with Crippen LogP contribution in [-0.4, -0.2) is 23.9 Å². The zero-order chi connectivity index (χ0) is 12.8. The summed E-state index contributed by atoms with van der Waals surface area (Å²) < 4.78 is 26.4.